The van der Waals surface area contributed by atoms with Crippen LogP contribution in [0.25, 0.3) is 66.1 Å². The molecule has 0 saturated carbocycles. The van der Waals surface area contributed by atoms with Crippen LogP contribution in [0, 0.1) is 10.1 Å². The molecule has 9 aromatic rings. The number of aromatic nitrogens is 3. The minimum atomic E-state index is -0.331. The van der Waals surface area contributed by atoms with Gasteiger partial charge in [-0.3, -0.25) is 10.1 Å². The zero-order valence-electron chi connectivity index (χ0n) is 24.7. The number of nitro groups is 1. The molecule has 6 aromatic carbocycles. The van der Waals surface area contributed by atoms with Crippen molar-refractivity contribution in [1.82, 2.24) is 14.1 Å². The van der Waals surface area contributed by atoms with Crippen LogP contribution in [-0.4, -0.2) is 19.0 Å². The molecule has 0 aliphatic heterocycles. The van der Waals surface area contributed by atoms with Gasteiger partial charge in [0.25, 0.3) is 5.69 Å². The predicted molar refractivity (Wildman–Crippen MR) is 188 cm³/mol. The fourth-order valence-electron chi connectivity index (χ4n) is 6.46. The van der Waals surface area contributed by atoms with Crippen LogP contribution in [0.1, 0.15) is 0 Å². The largest absolute Gasteiger partial charge is 0.354 e. The monoisotopic (exact) mass is 596 g/mol. The molecule has 0 spiro atoms. The van der Waals surface area contributed by atoms with E-state index < -0.39 is 0 Å². The molecule has 0 bridgehead atoms. The molecule has 0 amide bonds. The predicted octanol–water partition coefficient (Wildman–Crippen LogP) is 10.5. The number of aromatic amines is 1. The summed E-state index contributed by atoms with van der Waals surface area (Å²) < 4.78 is 4.34. The second-order valence-corrected chi connectivity index (χ2v) is 11.1. The number of nitro benzene ring substituents is 1. The maximum atomic E-state index is 11.4. The van der Waals surface area contributed by atoms with Crippen LogP contribution < -0.4 is 0 Å². The van der Waals surface area contributed by atoms with Gasteiger partial charge in [-0.05, 0) is 72.3 Å². The Hall–Kier alpha value is -6.40. The average molecular weight is 597 g/mol. The second-order valence-electron chi connectivity index (χ2n) is 11.1. The van der Waals surface area contributed by atoms with E-state index in [1.54, 1.807) is 18.2 Å². The topological polar surface area (TPSA) is 68.8 Å². The lowest BCUT2D eigenvalue weighted by molar-refractivity contribution is -0.384. The third-order valence-corrected chi connectivity index (χ3v) is 8.53. The molecule has 6 nitrogen and oxygen atoms in total. The van der Waals surface area contributed by atoms with E-state index in [2.05, 4.69) is 87.0 Å². The number of rotatable bonds is 4. The Labute approximate surface area is 264 Å². The summed E-state index contributed by atoms with van der Waals surface area (Å²) in [5, 5.41) is 16.2. The highest BCUT2D eigenvalue weighted by Crippen LogP contribution is 2.36. The highest BCUT2D eigenvalue weighted by Gasteiger charge is 2.17. The van der Waals surface area contributed by atoms with Crippen molar-refractivity contribution in [3.05, 3.63) is 174 Å². The molecule has 220 valence electrons. The molecule has 3 aromatic heterocycles. The lowest BCUT2D eigenvalue weighted by Gasteiger charge is -2.08. The molecule has 0 saturated heterocycles. The Bertz CT molecular complexity index is 2510. The van der Waals surface area contributed by atoms with Crippen LogP contribution in [0.3, 0.4) is 0 Å². The van der Waals surface area contributed by atoms with Gasteiger partial charge in [0.05, 0.1) is 21.5 Å². The highest BCUT2D eigenvalue weighted by atomic mass is 16.6. The molecular formula is C40H28N4O2. The minimum Gasteiger partial charge on any atom is -0.354 e. The third kappa shape index (κ3) is 4.60. The summed E-state index contributed by atoms with van der Waals surface area (Å²) in [5.41, 5.74) is 8.53. The van der Waals surface area contributed by atoms with Crippen molar-refractivity contribution in [3.63, 3.8) is 0 Å². The number of H-pyrrole nitrogens is 1. The SMILES string of the molecule is O=[N+]([O-])c1ccccc1-c1cccc2c1ccn2-c1ccccc1.c1ccc(-n2ccc3c4c(ccc32)[nH]c2ccccc24)cc1. The minimum absolute atomic E-state index is 0.123. The lowest BCUT2D eigenvalue weighted by atomic mass is 10.00. The number of hydrogen-bond acceptors (Lipinski definition) is 2. The van der Waals surface area contributed by atoms with Gasteiger partial charge in [0, 0.05) is 62.4 Å². The molecule has 0 aliphatic carbocycles. The summed E-state index contributed by atoms with van der Waals surface area (Å²) >= 11 is 0. The quantitative estimate of drug-likeness (QED) is 0.162. The molecule has 6 heteroatoms. The van der Waals surface area contributed by atoms with Crippen molar-refractivity contribution in [3.8, 4) is 22.5 Å². The number of para-hydroxylation sites is 4. The van der Waals surface area contributed by atoms with Gasteiger partial charge in [-0.2, -0.15) is 0 Å². The van der Waals surface area contributed by atoms with Crippen LogP contribution in [0.4, 0.5) is 5.69 Å². The van der Waals surface area contributed by atoms with Crippen molar-refractivity contribution in [1.29, 1.82) is 0 Å². The van der Waals surface area contributed by atoms with E-state index in [1.807, 2.05) is 72.9 Å². The lowest BCUT2D eigenvalue weighted by Crippen LogP contribution is -1.93. The van der Waals surface area contributed by atoms with Gasteiger partial charge >= 0.3 is 0 Å². The van der Waals surface area contributed by atoms with Crippen LogP contribution in [0.15, 0.2) is 164 Å². The highest BCUT2D eigenvalue weighted by molar-refractivity contribution is 6.20. The van der Waals surface area contributed by atoms with Gasteiger partial charge in [-0.15, -0.1) is 0 Å². The zero-order chi connectivity index (χ0) is 31.0. The third-order valence-electron chi connectivity index (χ3n) is 8.53. The van der Waals surface area contributed by atoms with Gasteiger partial charge in [0.2, 0.25) is 0 Å². The molecule has 0 atom stereocenters. The van der Waals surface area contributed by atoms with Crippen LogP contribution in [0.5, 0.6) is 0 Å². The molecule has 0 radical (unpaired) electrons. The average Bonchev–Trinajstić information content (AvgIpc) is 3.84. The van der Waals surface area contributed by atoms with Crippen molar-refractivity contribution in [2.75, 3.05) is 0 Å². The van der Waals surface area contributed by atoms with E-state index in [-0.39, 0.29) is 10.6 Å². The van der Waals surface area contributed by atoms with Gasteiger partial charge in [0.15, 0.2) is 0 Å². The van der Waals surface area contributed by atoms with Crippen molar-refractivity contribution < 1.29 is 4.92 Å². The van der Waals surface area contributed by atoms with Crippen molar-refractivity contribution >= 4 is 49.3 Å². The maximum Gasteiger partial charge on any atom is 0.277 e. The Balaban J connectivity index is 0.000000136. The van der Waals surface area contributed by atoms with Crippen LogP contribution >= 0.6 is 0 Å². The summed E-state index contributed by atoms with van der Waals surface area (Å²) in [6, 6.07) is 50.4. The fourth-order valence-corrected chi connectivity index (χ4v) is 6.46. The summed E-state index contributed by atoms with van der Waals surface area (Å²) in [4.78, 5) is 14.5. The maximum absolute atomic E-state index is 11.4. The van der Waals surface area contributed by atoms with E-state index in [9.17, 15) is 10.1 Å². The molecule has 1 N–H and O–H groups in total. The first-order valence-corrected chi connectivity index (χ1v) is 15.1. The standard InChI is InChI=1S/C20H14N2O2.C20H14N2/c23-22(24)20-11-5-4-9-17(20)16-10-6-12-19-18(16)13-14-21(19)15-7-2-1-3-8-15;1-2-6-14(7-3-1)22-13-12-16-19(22)11-10-18-20(16)15-8-4-5-9-17(15)21-18/h1-14H;1-13,21H. The Morgan fingerprint density at radius 1 is 0.478 bits per heavy atom. The molecule has 0 aliphatic rings. The summed E-state index contributed by atoms with van der Waals surface area (Å²) in [6.07, 6.45) is 4.15. The summed E-state index contributed by atoms with van der Waals surface area (Å²) in [7, 11) is 0. The molecule has 46 heavy (non-hydrogen) atoms. The molecule has 9 rings (SSSR count). The van der Waals surface area contributed by atoms with E-state index in [4.69, 9.17) is 0 Å². The van der Waals surface area contributed by atoms with Gasteiger partial charge in [-0.25, -0.2) is 0 Å². The first-order valence-electron chi connectivity index (χ1n) is 15.1. The first kappa shape index (κ1) is 27.2. The van der Waals surface area contributed by atoms with Crippen molar-refractivity contribution in [2.45, 2.75) is 0 Å². The summed E-state index contributed by atoms with van der Waals surface area (Å²) in [5.74, 6) is 0. The molecule has 0 unspecified atom stereocenters. The number of fused-ring (bicyclic) bond motifs is 6. The van der Waals surface area contributed by atoms with E-state index in [0.717, 1.165) is 22.2 Å². The fraction of sp³-hybridized carbons (Fsp3) is 0. The van der Waals surface area contributed by atoms with E-state index >= 15 is 0 Å². The second kappa shape index (κ2) is 11.3. The van der Waals surface area contributed by atoms with Crippen LogP contribution in [-0.2, 0) is 0 Å². The Morgan fingerprint density at radius 3 is 1.78 bits per heavy atom. The van der Waals surface area contributed by atoms with E-state index in [0.29, 0.717) is 5.56 Å². The molecule has 3 heterocycles. The Kier molecular flexibility index (Phi) is 6.65. The number of nitrogens with one attached hydrogen (secondary N) is 1. The normalized spacial score (nSPS) is 11.2. The molecule has 0 fully saturated rings. The number of benzene rings is 6. The van der Waals surface area contributed by atoms with Gasteiger partial charge < -0.3 is 14.1 Å². The summed E-state index contributed by atoms with van der Waals surface area (Å²) in [6.45, 7) is 0. The Morgan fingerprint density at radius 2 is 1.07 bits per heavy atom. The van der Waals surface area contributed by atoms with Crippen molar-refractivity contribution in [2.24, 2.45) is 0 Å². The zero-order valence-corrected chi connectivity index (χ0v) is 24.7. The molecular weight excluding hydrogens is 568 g/mol. The number of nitrogens with zero attached hydrogens (tertiary/aromatic N) is 3. The van der Waals surface area contributed by atoms with Gasteiger partial charge in [0.1, 0.15) is 0 Å². The van der Waals surface area contributed by atoms with Crippen LogP contribution in [0.2, 0.25) is 0 Å². The first-order chi connectivity index (χ1) is 22.7. The van der Waals surface area contributed by atoms with Gasteiger partial charge in [-0.1, -0.05) is 78.9 Å². The number of hydrogen-bond donors (Lipinski definition) is 1. The van der Waals surface area contributed by atoms with E-state index in [1.165, 1.54) is 38.4 Å². The smallest absolute Gasteiger partial charge is 0.277 e.